The Balaban J connectivity index is 2.67. The van der Waals surface area contributed by atoms with Crippen molar-refractivity contribution < 1.29 is 4.79 Å². The molecular weight excluding hydrogens is 186 g/mol. The van der Waals surface area contributed by atoms with Gasteiger partial charge in [0.2, 0.25) is 0 Å². The van der Waals surface area contributed by atoms with Crippen LogP contribution in [0.4, 0.5) is 0 Å². The van der Waals surface area contributed by atoms with Gasteiger partial charge in [-0.1, -0.05) is 38.1 Å². The highest BCUT2D eigenvalue weighted by Gasteiger charge is 2.07. The maximum Gasteiger partial charge on any atom is 0.163 e. The Morgan fingerprint density at radius 3 is 2.33 bits per heavy atom. The second kappa shape index (κ2) is 5.66. The van der Waals surface area contributed by atoms with Crippen molar-refractivity contribution in [1.82, 2.24) is 0 Å². The molecule has 0 atom stereocenters. The quantitative estimate of drug-likeness (QED) is 0.750. The summed E-state index contributed by atoms with van der Waals surface area (Å²) in [4.78, 5) is 11.7. The van der Waals surface area contributed by atoms with E-state index in [0.29, 0.717) is 18.9 Å². The van der Waals surface area contributed by atoms with Gasteiger partial charge in [0.15, 0.2) is 5.78 Å². The predicted octanol–water partition coefficient (Wildman–Crippen LogP) is 2.42. The van der Waals surface area contributed by atoms with Gasteiger partial charge >= 0.3 is 0 Å². The van der Waals surface area contributed by atoms with Crippen LogP contribution in [0.5, 0.6) is 0 Å². The fraction of sp³-hybridized carbons (Fsp3) is 0.462. The first kappa shape index (κ1) is 11.9. The highest BCUT2D eigenvalue weighted by molar-refractivity contribution is 5.96. The smallest absolute Gasteiger partial charge is 0.163 e. The topological polar surface area (TPSA) is 43.1 Å². The van der Waals surface area contributed by atoms with E-state index in [9.17, 15) is 4.79 Å². The molecule has 0 aromatic heterocycles. The minimum absolute atomic E-state index is 0.226. The Kier molecular flexibility index (Phi) is 4.50. The molecule has 0 amide bonds. The third-order valence-electron chi connectivity index (χ3n) is 2.30. The molecule has 15 heavy (non-hydrogen) atoms. The van der Waals surface area contributed by atoms with E-state index in [1.807, 2.05) is 24.3 Å². The Morgan fingerprint density at radius 2 is 1.87 bits per heavy atom. The summed E-state index contributed by atoms with van der Waals surface area (Å²) in [5.41, 5.74) is 7.46. The number of nitrogens with two attached hydrogens (primary N) is 1. The molecule has 0 radical (unpaired) electrons. The summed E-state index contributed by atoms with van der Waals surface area (Å²) in [5.74, 6) is 0.644. The second-order valence-electron chi connectivity index (χ2n) is 4.26. The third kappa shape index (κ3) is 3.84. The number of hydrogen-bond acceptors (Lipinski definition) is 2. The zero-order valence-corrected chi connectivity index (χ0v) is 9.49. The molecule has 0 aliphatic rings. The van der Waals surface area contributed by atoms with E-state index >= 15 is 0 Å². The van der Waals surface area contributed by atoms with E-state index in [0.717, 1.165) is 12.0 Å². The Morgan fingerprint density at radius 1 is 1.27 bits per heavy atom. The van der Waals surface area contributed by atoms with Crippen LogP contribution in [0.3, 0.4) is 0 Å². The highest BCUT2D eigenvalue weighted by atomic mass is 16.1. The van der Waals surface area contributed by atoms with Crippen LogP contribution in [0.15, 0.2) is 24.3 Å². The van der Waals surface area contributed by atoms with Gasteiger partial charge in [0.05, 0.1) is 0 Å². The zero-order valence-electron chi connectivity index (χ0n) is 9.49. The second-order valence-corrected chi connectivity index (χ2v) is 4.26. The molecule has 1 aromatic carbocycles. The van der Waals surface area contributed by atoms with Crippen molar-refractivity contribution >= 4 is 5.78 Å². The first-order valence-corrected chi connectivity index (χ1v) is 5.45. The van der Waals surface area contributed by atoms with E-state index in [-0.39, 0.29) is 5.78 Å². The minimum atomic E-state index is 0.226. The molecule has 0 spiro atoms. The lowest BCUT2D eigenvalue weighted by Crippen LogP contribution is -2.05. The average Bonchev–Trinajstić information content (AvgIpc) is 2.18. The van der Waals surface area contributed by atoms with Gasteiger partial charge in [-0.2, -0.15) is 0 Å². The molecule has 0 bridgehead atoms. The van der Waals surface area contributed by atoms with Gasteiger partial charge in [0.1, 0.15) is 0 Å². The minimum Gasteiger partial charge on any atom is -0.330 e. The largest absolute Gasteiger partial charge is 0.330 e. The van der Waals surface area contributed by atoms with Gasteiger partial charge in [0, 0.05) is 12.0 Å². The Labute approximate surface area is 91.5 Å². The van der Waals surface area contributed by atoms with Gasteiger partial charge in [-0.25, -0.2) is 0 Å². The van der Waals surface area contributed by atoms with E-state index in [4.69, 9.17) is 5.73 Å². The average molecular weight is 205 g/mol. The molecule has 0 fully saturated rings. The third-order valence-corrected chi connectivity index (χ3v) is 2.30. The molecule has 1 aromatic rings. The normalized spacial score (nSPS) is 10.7. The number of rotatable bonds is 5. The molecule has 2 N–H and O–H groups in total. The van der Waals surface area contributed by atoms with E-state index < -0.39 is 0 Å². The molecule has 0 unspecified atom stereocenters. The molecule has 0 heterocycles. The van der Waals surface area contributed by atoms with Crippen LogP contribution in [0.1, 0.15) is 36.2 Å². The maximum atomic E-state index is 11.7. The fourth-order valence-corrected chi connectivity index (χ4v) is 1.51. The van der Waals surface area contributed by atoms with Crippen molar-refractivity contribution in [2.75, 3.05) is 6.54 Å². The fourth-order valence-electron chi connectivity index (χ4n) is 1.51. The molecule has 82 valence electrons. The number of ketones is 1. The van der Waals surface area contributed by atoms with Crippen LogP contribution in [0.25, 0.3) is 0 Å². The summed E-state index contributed by atoms with van der Waals surface area (Å²) < 4.78 is 0. The number of benzene rings is 1. The lowest BCUT2D eigenvalue weighted by Gasteiger charge is -2.05. The Hall–Kier alpha value is -1.15. The highest BCUT2D eigenvalue weighted by Crippen LogP contribution is 2.10. The van der Waals surface area contributed by atoms with Crippen molar-refractivity contribution in [3.63, 3.8) is 0 Å². The van der Waals surface area contributed by atoms with Crippen molar-refractivity contribution in [3.8, 4) is 0 Å². The number of Topliss-reactive ketones (excluding diaryl/α,β-unsaturated/α-hetero) is 1. The van der Waals surface area contributed by atoms with E-state index in [1.165, 1.54) is 5.56 Å². The molecule has 2 nitrogen and oxygen atoms in total. The van der Waals surface area contributed by atoms with Crippen LogP contribution in [0, 0.1) is 5.92 Å². The monoisotopic (exact) mass is 205 g/mol. The number of carbonyl (C=O) groups is 1. The van der Waals surface area contributed by atoms with Gasteiger partial charge in [-0.3, -0.25) is 4.79 Å². The summed E-state index contributed by atoms with van der Waals surface area (Å²) in [6, 6.07) is 7.77. The van der Waals surface area contributed by atoms with Gasteiger partial charge in [0.25, 0.3) is 0 Å². The SMILES string of the molecule is CC(C)CC(=O)c1ccc(CCN)cc1. The molecule has 0 saturated heterocycles. The maximum absolute atomic E-state index is 11.7. The summed E-state index contributed by atoms with van der Waals surface area (Å²) in [6.45, 7) is 4.76. The van der Waals surface area contributed by atoms with Crippen molar-refractivity contribution in [2.24, 2.45) is 11.7 Å². The molecule has 0 aliphatic carbocycles. The standard InChI is InChI=1S/C13H19NO/c1-10(2)9-13(15)12-5-3-11(4-6-12)7-8-14/h3-6,10H,7-9,14H2,1-2H3. The molecule has 0 aliphatic heterocycles. The van der Waals surface area contributed by atoms with Gasteiger partial charge in [-0.05, 0) is 24.4 Å². The van der Waals surface area contributed by atoms with Crippen LogP contribution >= 0.6 is 0 Å². The van der Waals surface area contributed by atoms with Crippen molar-refractivity contribution in [3.05, 3.63) is 35.4 Å². The molecule has 1 rings (SSSR count). The first-order valence-electron chi connectivity index (χ1n) is 5.45. The molecule has 2 heteroatoms. The zero-order chi connectivity index (χ0) is 11.3. The summed E-state index contributed by atoms with van der Waals surface area (Å²) in [7, 11) is 0. The van der Waals surface area contributed by atoms with Crippen LogP contribution in [-0.2, 0) is 6.42 Å². The lowest BCUT2D eigenvalue weighted by atomic mass is 10.00. The van der Waals surface area contributed by atoms with Crippen LogP contribution < -0.4 is 5.73 Å². The predicted molar refractivity (Wildman–Crippen MR) is 63.0 cm³/mol. The van der Waals surface area contributed by atoms with Crippen LogP contribution in [-0.4, -0.2) is 12.3 Å². The summed E-state index contributed by atoms with van der Waals surface area (Å²) in [5, 5.41) is 0. The van der Waals surface area contributed by atoms with E-state index in [2.05, 4.69) is 13.8 Å². The molecular formula is C13H19NO. The van der Waals surface area contributed by atoms with Crippen molar-refractivity contribution in [2.45, 2.75) is 26.7 Å². The lowest BCUT2D eigenvalue weighted by molar-refractivity contribution is 0.0968. The summed E-state index contributed by atoms with van der Waals surface area (Å²) >= 11 is 0. The number of hydrogen-bond donors (Lipinski definition) is 1. The number of carbonyl (C=O) groups excluding carboxylic acids is 1. The van der Waals surface area contributed by atoms with E-state index in [1.54, 1.807) is 0 Å². The first-order chi connectivity index (χ1) is 7.13. The van der Waals surface area contributed by atoms with Crippen LogP contribution in [0.2, 0.25) is 0 Å². The van der Waals surface area contributed by atoms with Gasteiger partial charge in [-0.15, -0.1) is 0 Å². The Bertz CT molecular complexity index is 314. The summed E-state index contributed by atoms with van der Waals surface area (Å²) in [6.07, 6.45) is 1.49. The molecule has 0 saturated carbocycles. The van der Waals surface area contributed by atoms with Gasteiger partial charge < -0.3 is 5.73 Å². The van der Waals surface area contributed by atoms with Crippen molar-refractivity contribution in [1.29, 1.82) is 0 Å².